The van der Waals surface area contributed by atoms with Crippen LogP contribution in [0.15, 0.2) is 12.4 Å². The molecule has 1 N–H and O–H groups in total. The third-order valence-corrected chi connectivity index (χ3v) is 1.86. The van der Waals surface area contributed by atoms with Gasteiger partial charge in [-0.25, -0.2) is 9.97 Å². The summed E-state index contributed by atoms with van der Waals surface area (Å²) < 4.78 is 4.10. The summed E-state index contributed by atoms with van der Waals surface area (Å²) in [4.78, 5) is 11.1. The molecule has 0 unspecified atom stereocenters. The first kappa shape index (κ1) is 6.48. The summed E-state index contributed by atoms with van der Waals surface area (Å²) >= 11 is 1.38. The average Bonchev–Trinajstić information content (AvgIpc) is 2.55. The number of aromatic nitrogens is 4. The SMILES string of the molecule is Cc1nc(-c2ncc[nH]2)ns1. The van der Waals surface area contributed by atoms with Crippen molar-refractivity contribution in [2.75, 3.05) is 0 Å². The Morgan fingerprint density at radius 1 is 1.55 bits per heavy atom. The van der Waals surface area contributed by atoms with E-state index >= 15 is 0 Å². The van der Waals surface area contributed by atoms with Crippen molar-refractivity contribution in [3.05, 3.63) is 17.4 Å². The predicted molar refractivity (Wildman–Crippen MR) is 42.2 cm³/mol. The third kappa shape index (κ3) is 1.14. The van der Waals surface area contributed by atoms with E-state index in [0.29, 0.717) is 5.82 Å². The molecule has 11 heavy (non-hydrogen) atoms. The molecule has 0 saturated carbocycles. The van der Waals surface area contributed by atoms with Crippen molar-refractivity contribution in [1.82, 2.24) is 19.3 Å². The highest BCUT2D eigenvalue weighted by atomic mass is 32.1. The van der Waals surface area contributed by atoms with Crippen LogP contribution in [-0.4, -0.2) is 19.3 Å². The Kier molecular flexibility index (Phi) is 1.43. The molecule has 0 bridgehead atoms. The summed E-state index contributed by atoms with van der Waals surface area (Å²) in [5, 5.41) is 0.955. The van der Waals surface area contributed by atoms with E-state index in [1.807, 2.05) is 6.92 Å². The average molecular weight is 166 g/mol. The number of hydrogen-bond donors (Lipinski definition) is 1. The lowest BCUT2D eigenvalue weighted by atomic mass is 10.6. The van der Waals surface area contributed by atoms with Gasteiger partial charge in [0.2, 0.25) is 5.82 Å². The van der Waals surface area contributed by atoms with Crippen molar-refractivity contribution < 1.29 is 0 Å². The van der Waals surface area contributed by atoms with Gasteiger partial charge in [-0.15, -0.1) is 0 Å². The van der Waals surface area contributed by atoms with Crippen LogP contribution in [-0.2, 0) is 0 Å². The number of aromatic amines is 1. The van der Waals surface area contributed by atoms with E-state index in [4.69, 9.17) is 0 Å². The molecule has 0 aliphatic rings. The second-order valence-corrected chi connectivity index (χ2v) is 3.03. The smallest absolute Gasteiger partial charge is 0.208 e. The lowest BCUT2D eigenvalue weighted by Gasteiger charge is -1.82. The maximum Gasteiger partial charge on any atom is 0.208 e. The van der Waals surface area contributed by atoms with Gasteiger partial charge in [0.05, 0.1) is 0 Å². The number of imidazole rings is 1. The molecular formula is C6H6N4S. The number of H-pyrrole nitrogens is 1. The first-order valence-corrected chi connectivity index (χ1v) is 3.93. The van der Waals surface area contributed by atoms with Crippen molar-refractivity contribution in [3.8, 4) is 11.6 Å². The van der Waals surface area contributed by atoms with Gasteiger partial charge < -0.3 is 4.98 Å². The fourth-order valence-electron chi connectivity index (χ4n) is 0.783. The zero-order valence-corrected chi connectivity index (χ0v) is 6.72. The fourth-order valence-corrected chi connectivity index (χ4v) is 1.26. The molecule has 0 aliphatic carbocycles. The van der Waals surface area contributed by atoms with Crippen LogP contribution in [0.3, 0.4) is 0 Å². The summed E-state index contributed by atoms with van der Waals surface area (Å²) in [5.41, 5.74) is 0. The lowest BCUT2D eigenvalue weighted by Crippen LogP contribution is -1.81. The number of nitrogens with zero attached hydrogens (tertiary/aromatic N) is 3. The van der Waals surface area contributed by atoms with Gasteiger partial charge in [-0.3, -0.25) is 0 Å². The van der Waals surface area contributed by atoms with Gasteiger partial charge in [0.25, 0.3) is 0 Å². The molecule has 0 atom stereocenters. The van der Waals surface area contributed by atoms with Gasteiger partial charge >= 0.3 is 0 Å². The molecule has 0 amide bonds. The molecule has 0 saturated heterocycles. The van der Waals surface area contributed by atoms with E-state index in [0.717, 1.165) is 10.8 Å². The minimum atomic E-state index is 0.678. The Morgan fingerprint density at radius 3 is 3.00 bits per heavy atom. The first-order chi connectivity index (χ1) is 5.36. The van der Waals surface area contributed by atoms with Gasteiger partial charge in [-0.2, -0.15) is 4.37 Å². The van der Waals surface area contributed by atoms with Crippen molar-refractivity contribution in [2.24, 2.45) is 0 Å². The second kappa shape index (κ2) is 2.43. The summed E-state index contributed by atoms with van der Waals surface area (Å²) in [6.45, 7) is 1.92. The van der Waals surface area contributed by atoms with Crippen LogP contribution in [0.25, 0.3) is 11.6 Å². The van der Waals surface area contributed by atoms with Gasteiger partial charge in [0, 0.05) is 12.4 Å². The molecule has 2 aromatic heterocycles. The quantitative estimate of drug-likeness (QED) is 0.693. The molecular weight excluding hydrogens is 160 g/mol. The van der Waals surface area contributed by atoms with Gasteiger partial charge in [-0.05, 0) is 18.5 Å². The molecule has 0 fully saturated rings. The van der Waals surface area contributed by atoms with Crippen molar-refractivity contribution in [1.29, 1.82) is 0 Å². The number of nitrogens with one attached hydrogen (secondary N) is 1. The molecule has 56 valence electrons. The minimum absolute atomic E-state index is 0.678. The molecule has 4 nitrogen and oxygen atoms in total. The summed E-state index contributed by atoms with van der Waals surface area (Å²) in [6, 6.07) is 0. The minimum Gasteiger partial charge on any atom is -0.342 e. The van der Waals surface area contributed by atoms with Crippen molar-refractivity contribution >= 4 is 11.5 Å². The zero-order valence-electron chi connectivity index (χ0n) is 5.90. The van der Waals surface area contributed by atoms with Crippen LogP contribution >= 0.6 is 11.5 Å². The van der Waals surface area contributed by atoms with Crippen molar-refractivity contribution in [2.45, 2.75) is 6.92 Å². The molecule has 0 aromatic carbocycles. The standard InChI is InChI=1S/C6H6N4S/c1-4-9-6(10-11-4)5-7-2-3-8-5/h2-3H,1H3,(H,7,8). The van der Waals surface area contributed by atoms with E-state index in [1.165, 1.54) is 11.5 Å². The van der Waals surface area contributed by atoms with E-state index in [-0.39, 0.29) is 0 Å². The number of hydrogen-bond acceptors (Lipinski definition) is 4. The van der Waals surface area contributed by atoms with E-state index in [2.05, 4.69) is 19.3 Å². The molecule has 2 heterocycles. The van der Waals surface area contributed by atoms with E-state index < -0.39 is 0 Å². The fraction of sp³-hybridized carbons (Fsp3) is 0.167. The van der Waals surface area contributed by atoms with E-state index in [9.17, 15) is 0 Å². The largest absolute Gasteiger partial charge is 0.342 e. The highest BCUT2D eigenvalue weighted by Gasteiger charge is 2.04. The first-order valence-electron chi connectivity index (χ1n) is 3.16. The van der Waals surface area contributed by atoms with Gasteiger partial charge in [0.1, 0.15) is 5.01 Å². The maximum atomic E-state index is 4.17. The molecule has 0 spiro atoms. The highest BCUT2D eigenvalue weighted by Crippen LogP contribution is 2.11. The Hall–Kier alpha value is -1.23. The lowest BCUT2D eigenvalue weighted by molar-refractivity contribution is 1.18. The second-order valence-electron chi connectivity index (χ2n) is 2.07. The Labute approximate surface area is 67.5 Å². The Bertz CT molecular complexity index is 337. The summed E-state index contributed by atoms with van der Waals surface area (Å²) in [6.07, 6.45) is 3.44. The molecule has 5 heteroatoms. The number of rotatable bonds is 1. The number of aryl methyl sites for hydroxylation is 1. The maximum absolute atomic E-state index is 4.17. The van der Waals surface area contributed by atoms with Crippen LogP contribution in [0, 0.1) is 6.92 Å². The van der Waals surface area contributed by atoms with Crippen LogP contribution in [0.5, 0.6) is 0 Å². The third-order valence-electron chi connectivity index (χ3n) is 1.24. The Morgan fingerprint density at radius 2 is 2.45 bits per heavy atom. The van der Waals surface area contributed by atoms with Crippen molar-refractivity contribution in [3.63, 3.8) is 0 Å². The van der Waals surface area contributed by atoms with Crippen LogP contribution in [0.1, 0.15) is 5.01 Å². The van der Waals surface area contributed by atoms with Crippen LogP contribution in [0.2, 0.25) is 0 Å². The van der Waals surface area contributed by atoms with Crippen LogP contribution in [0.4, 0.5) is 0 Å². The van der Waals surface area contributed by atoms with Gasteiger partial charge in [0.15, 0.2) is 5.82 Å². The topological polar surface area (TPSA) is 54.5 Å². The highest BCUT2D eigenvalue weighted by molar-refractivity contribution is 7.05. The van der Waals surface area contributed by atoms with Crippen LogP contribution < -0.4 is 0 Å². The monoisotopic (exact) mass is 166 g/mol. The normalized spacial score (nSPS) is 10.3. The predicted octanol–water partition coefficient (Wildman–Crippen LogP) is 1.24. The molecule has 0 aliphatic heterocycles. The summed E-state index contributed by atoms with van der Waals surface area (Å²) in [7, 11) is 0. The summed E-state index contributed by atoms with van der Waals surface area (Å²) in [5.74, 6) is 1.41. The Balaban J connectivity index is 2.45. The molecule has 2 aromatic rings. The van der Waals surface area contributed by atoms with E-state index in [1.54, 1.807) is 12.4 Å². The van der Waals surface area contributed by atoms with Gasteiger partial charge in [-0.1, -0.05) is 0 Å². The zero-order chi connectivity index (χ0) is 7.68. The molecule has 2 rings (SSSR count). The molecule has 0 radical (unpaired) electrons.